The summed E-state index contributed by atoms with van der Waals surface area (Å²) in [6, 6.07) is 11.0. The van der Waals surface area contributed by atoms with Gasteiger partial charge in [0, 0.05) is 25.1 Å². The molecule has 0 spiro atoms. The lowest BCUT2D eigenvalue weighted by molar-refractivity contribution is -0.137. The first-order chi connectivity index (χ1) is 16.7. The fourth-order valence-corrected chi connectivity index (χ4v) is 4.31. The zero-order valence-electron chi connectivity index (χ0n) is 18.7. The number of nitrogens with zero attached hydrogens (tertiary/aromatic N) is 3. The molecular weight excluding hydrogens is 461 g/mol. The van der Waals surface area contributed by atoms with Crippen molar-refractivity contribution in [3.63, 3.8) is 0 Å². The third-order valence-corrected chi connectivity index (χ3v) is 6.02. The first kappa shape index (κ1) is 24.0. The number of nitrogens with one attached hydrogen (secondary N) is 1. The summed E-state index contributed by atoms with van der Waals surface area (Å²) in [7, 11) is 0. The molecule has 0 bridgehead atoms. The number of Topliss-reactive ketones (excluding diaryl/α,β-unsaturated/α-hetero) is 1. The minimum atomic E-state index is -4.63. The number of urea groups is 1. The third kappa shape index (κ3) is 4.49. The Balaban J connectivity index is 1.93. The number of hydrogen-bond donors (Lipinski definition) is 1. The highest BCUT2D eigenvalue weighted by Gasteiger charge is 2.45. The number of nitriles is 1. The zero-order valence-corrected chi connectivity index (χ0v) is 18.7. The van der Waals surface area contributed by atoms with E-state index in [1.807, 2.05) is 6.07 Å². The van der Waals surface area contributed by atoms with Gasteiger partial charge in [0.2, 0.25) is 0 Å². The summed E-state index contributed by atoms with van der Waals surface area (Å²) in [5.74, 6) is -0.750. The second-order valence-corrected chi connectivity index (χ2v) is 8.19. The Morgan fingerprint density at radius 2 is 1.89 bits per heavy atom. The SMILES string of the molecule is CCC(=O)CN1C(=O)N(c2cccc(C(F)(F)F)c2)C2=C(C(=O)NCC2)[C@@H]1c1ccc(C#N)cc1. The summed E-state index contributed by atoms with van der Waals surface area (Å²) in [5.41, 5.74) is 0.374. The van der Waals surface area contributed by atoms with Crippen LogP contribution in [0.1, 0.15) is 42.5 Å². The molecule has 2 aliphatic rings. The molecule has 0 fully saturated rings. The van der Waals surface area contributed by atoms with Crippen molar-refractivity contribution in [3.05, 3.63) is 76.5 Å². The average Bonchev–Trinajstić information content (AvgIpc) is 2.84. The number of hydrogen-bond acceptors (Lipinski definition) is 4. The quantitative estimate of drug-likeness (QED) is 0.687. The minimum Gasteiger partial charge on any atom is -0.352 e. The topological polar surface area (TPSA) is 93.5 Å². The van der Waals surface area contributed by atoms with E-state index < -0.39 is 29.7 Å². The van der Waals surface area contributed by atoms with Crippen LogP contribution in [0.3, 0.4) is 0 Å². The van der Waals surface area contributed by atoms with Gasteiger partial charge in [0.05, 0.1) is 41.0 Å². The van der Waals surface area contributed by atoms with Crippen molar-refractivity contribution in [1.29, 1.82) is 5.26 Å². The van der Waals surface area contributed by atoms with Crippen molar-refractivity contribution in [2.24, 2.45) is 0 Å². The van der Waals surface area contributed by atoms with E-state index in [2.05, 4.69) is 5.32 Å². The molecule has 7 nitrogen and oxygen atoms in total. The molecule has 0 aliphatic carbocycles. The van der Waals surface area contributed by atoms with Gasteiger partial charge in [-0.15, -0.1) is 0 Å². The summed E-state index contributed by atoms with van der Waals surface area (Å²) >= 11 is 0. The van der Waals surface area contributed by atoms with E-state index in [1.54, 1.807) is 31.2 Å². The second-order valence-electron chi connectivity index (χ2n) is 8.19. The highest BCUT2D eigenvalue weighted by molar-refractivity contribution is 6.06. The molecule has 2 aliphatic heterocycles. The lowest BCUT2D eigenvalue weighted by atomic mass is 9.88. The molecule has 0 saturated heterocycles. The Morgan fingerprint density at radius 1 is 1.17 bits per heavy atom. The highest BCUT2D eigenvalue weighted by Crippen LogP contribution is 2.42. The van der Waals surface area contributed by atoms with Crippen molar-refractivity contribution in [2.45, 2.75) is 32.0 Å². The maximum absolute atomic E-state index is 13.8. The van der Waals surface area contributed by atoms with Gasteiger partial charge in [-0.05, 0) is 35.9 Å². The van der Waals surface area contributed by atoms with Gasteiger partial charge >= 0.3 is 12.2 Å². The summed E-state index contributed by atoms with van der Waals surface area (Å²) in [6.07, 6.45) is -4.28. The lowest BCUT2D eigenvalue weighted by Crippen LogP contribution is -2.55. The molecular formula is C25H21F3N4O3. The fourth-order valence-electron chi connectivity index (χ4n) is 4.31. The smallest absolute Gasteiger partial charge is 0.352 e. The van der Waals surface area contributed by atoms with Crippen LogP contribution in [0.4, 0.5) is 23.7 Å². The van der Waals surface area contributed by atoms with Crippen LogP contribution in [0.25, 0.3) is 0 Å². The molecule has 2 aromatic carbocycles. The molecule has 0 saturated carbocycles. The number of carbonyl (C=O) groups excluding carboxylic acids is 3. The van der Waals surface area contributed by atoms with Crippen LogP contribution in [-0.4, -0.2) is 35.7 Å². The van der Waals surface area contributed by atoms with Crippen LogP contribution in [-0.2, 0) is 15.8 Å². The third-order valence-electron chi connectivity index (χ3n) is 6.02. The van der Waals surface area contributed by atoms with Crippen molar-refractivity contribution in [3.8, 4) is 6.07 Å². The molecule has 1 atom stereocenters. The first-order valence-electron chi connectivity index (χ1n) is 11.0. The van der Waals surface area contributed by atoms with E-state index in [0.717, 1.165) is 17.0 Å². The molecule has 0 radical (unpaired) electrons. The Bertz CT molecular complexity index is 1260. The molecule has 2 heterocycles. The molecule has 180 valence electrons. The van der Waals surface area contributed by atoms with Crippen molar-refractivity contribution in [1.82, 2.24) is 10.2 Å². The van der Waals surface area contributed by atoms with Crippen LogP contribution in [0.5, 0.6) is 0 Å². The van der Waals surface area contributed by atoms with Crippen LogP contribution < -0.4 is 10.2 Å². The van der Waals surface area contributed by atoms with Gasteiger partial charge in [0.15, 0.2) is 5.78 Å². The number of ketones is 1. The predicted octanol–water partition coefficient (Wildman–Crippen LogP) is 4.31. The monoisotopic (exact) mass is 482 g/mol. The second kappa shape index (κ2) is 9.25. The van der Waals surface area contributed by atoms with Gasteiger partial charge in [0.25, 0.3) is 5.91 Å². The van der Waals surface area contributed by atoms with Gasteiger partial charge in [-0.3, -0.25) is 14.5 Å². The van der Waals surface area contributed by atoms with E-state index >= 15 is 0 Å². The van der Waals surface area contributed by atoms with E-state index in [0.29, 0.717) is 11.1 Å². The Kier molecular flexibility index (Phi) is 6.35. The van der Waals surface area contributed by atoms with E-state index in [9.17, 15) is 27.6 Å². The molecule has 0 aromatic heterocycles. The number of anilines is 1. The number of rotatable bonds is 5. The Hall–Kier alpha value is -4.13. The van der Waals surface area contributed by atoms with Crippen LogP contribution in [0.2, 0.25) is 0 Å². The van der Waals surface area contributed by atoms with Gasteiger partial charge in [-0.2, -0.15) is 18.4 Å². The summed E-state index contributed by atoms with van der Waals surface area (Å²) in [5, 5.41) is 11.9. The number of benzene rings is 2. The Labute approximate surface area is 199 Å². The highest BCUT2D eigenvalue weighted by atomic mass is 19.4. The molecule has 0 unspecified atom stereocenters. The average molecular weight is 482 g/mol. The van der Waals surface area contributed by atoms with Crippen LogP contribution in [0.15, 0.2) is 59.8 Å². The number of halogens is 3. The largest absolute Gasteiger partial charge is 0.416 e. The summed E-state index contributed by atoms with van der Waals surface area (Å²) in [4.78, 5) is 41.7. The van der Waals surface area contributed by atoms with Gasteiger partial charge in [0.1, 0.15) is 0 Å². The fraction of sp³-hybridized carbons (Fsp3) is 0.280. The minimum absolute atomic E-state index is 0.0424. The maximum Gasteiger partial charge on any atom is 0.416 e. The van der Waals surface area contributed by atoms with Crippen LogP contribution in [0, 0.1) is 11.3 Å². The molecule has 2 aromatic rings. The van der Waals surface area contributed by atoms with Crippen molar-refractivity contribution in [2.75, 3.05) is 18.0 Å². The number of amides is 3. The van der Waals surface area contributed by atoms with Gasteiger partial charge in [-0.1, -0.05) is 25.1 Å². The standard InChI is InChI=1S/C25H21F3N4O3/c1-2-19(33)14-31-22(16-8-6-15(13-29)7-9-16)21-20(10-11-30-23(21)34)32(24(31)35)18-5-3-4-17(12-18)25(26,27)28/h3-9,12,22H,2,10-11,14H2,1H3,(H,30,34)/t22-/m0/s1. The zero-order chi connectivity index (χ0) is 25.3. The van der Waals surface area contributed by atoms with E-state index in [1.165, 1.54) is 17.0 Å². The lowest BCUT2D eigenvalue weighted by Gasteiger charge is -2.45. The first-order valence-corrected chi connectivity index (χ1v) is 11.0. The van der Waals surface area contributed by atoms with Crippen LogP contribution >= 0.6 is 0 Å². The van der Waals surface area contributed by atoms with Gasteiger partial charge < -0.3 is 10.2 Å². The predicted molar refractivity (Wildman–Crippen MR) is 120 cm³/mol. The maximum atomic E-state index is 13.8. The molecule has 1 N–H and O–H groups in total. The number of alkyl halides is 3. The summed E-state index contributed by atoms with van der Waals surface area (Å²) in [6.45, 7) is 1.50. The molecule has 35 heavy (non-hydrogen) atoms. The normalized spacial score (nSPS) is 18.2. The van der Waals surface area contributed by atoms with Gasteiger partial charge in [-0.25, -0.2) is 4.79 Å². The Morgan fingerprint density at radius 3 is 2.51 bits per heavy atom. The summed E-state index contributed by atoms with van der Waals surface area (Å²) < 4.78 is 40.2. The van der Waals surface area contributed by atoms with Crippen molar-refractivity contribution >= 4 is 23.4 Å². The van der Waals surface area contributed by atoms with E-state index in [-0.39, 0.29) is 48.7 Å². The molecule has 3 amide bonds. The van der Waals surface area contributed by atoms with E-state index in [4.69, 9.17) is 5.26 Å². The molecule has 4 rings (SSSR count). The van der Waals surface area contributed by atoms with Crippen molar-refractivity contribution < 1.29 is 27.6 Å². The number of carbonyl (C=O) groups is 3. The molecule has 10 heteroatoms.